The molecule has 2 heterocycles. The molecule has 0 bridgehead atoms. The van der Waals surface area contributed by atoms with Crippen molar-refractivity contribution in [2.24, 2.45) is 0 Å². The third-order valence-corrected chi connectivity index (χ3v) is 6.50. The number of aromatic nitrogens is 2. The number of fused-ring (bicyclic) bond motifs is 1. The van der Waals surface area contributed by atoms with Crippen molar-refractivity contribution in [3.8, 4) is 11.8 Å². The first-order valence-corrected chi connectivity index (χ1v) is 13.3. The van der Waals surface area contributed by atoms with Crippen LogP contribution in [-0.4, -0.2) is 74.2 Å². The Morgan fingerprint density at radius 3 is 2.63 bits per heavy atom. The molecule has 0 amide bonds. The predicted octanol–water partition coefficient (Wildman–Crippen LogP) is 3.53. The molecular formula is C24H26ClFN6O2S. The Kier molecular flexibility index (Phi) is 7.72. The van der Waals surface area contributed by atoms with Crippen LogP contribution in [-0.2, 0) is 10.0 Å². The molecule has 3 aromatic rings. The zero-order chi connectivity index (χ0) is 25.0. The summed E-state index contributed by atoms with van der Waals surface area (Å²) in [6.45, 7) is 4.98. The molecule has 1 aromatic heterocycles. The van der Waals surface area contributed by atoms with Crippen molar-refractivity contribution in [3.05, 3.63) is 53.1 Å². The van der Waals surface area contributed by atoms with Crippen LogP contribution >= 0.6 is 11.6 Å². The van der Waals surface area contributed by atoms with Gasteiger partial charge in [-0.25, -0.2) is 22.8 Å². The Balaban J connectivity index is 1.62. The van der Waals surface area contributed by atoms with E-state index in [0.29, 0.717) is 40.1 Å². The number of nitrogens with one attached hydrogen (secondary N) is 2. The monoisotopic (exact) mass is 516 g/mol. The second-order valence-corrected chi connectivity index (χ2v) is 10.6. The highest BCUT2D eigenvalue weighted by molar-refractivity contribution is 7.92. The molecule has 184 valence electrons. The fourth-order valence-electron chi connectivity index (χ4n) is 3.74. The van der Waals surface area contributed by atoms with Crippen LogP contribution in [0.15, 0.2) is 36.7 Å². The zero-order valence-electron chi connectivity index (χ0n) is 19.5. The quantitative estimate of drug-likeness (QED) is 0.484. The highest BCUT2D eigenvalue weighted by atomic mass is 35.5. The van der Waals surface area contributed by atoms with Gasteiger partial charge in [0.05, 0.1) is 28.0 Å². The maximum atomic E-state index is 13.5. The second-order valence-electron chi connectivity index (χ2n) is 8.46. The normalized spacial score (nSPS) is 15.0. The van der Waals surface area contributed by atoms with Gasteiger partial charge in [-0.15, -0.1) is 0 Å². The van der Waals surface area contributed by atoms with Crippen LogP contribution < -0.4 is 10.0 Å². The Bertz CT molecular complexity index is 1400. The highest BCUT2D eigenvalue weighted by Gasteiger charge is 2.14. The number of halogens is 2. The van der Waals surface area contributed by atoms with Crippen LogP contribution in [0.5, 0.6) is 0 Å². The molecule has 0 radical (unpaired) electrons. The molecule has 2 N–H and O–H groups in total. The van der Waals surface area contributed by atoms with Gasteiger partial charge in [0.1, 0.15) is 18.0 Å². The minimum Gasteiger partial charge on any atom is -0.340 e. The van der Waals surface area contributed by atoms with E-state index in [1.807, 2.05) is 0 Å². The van der Waals surface area contributed by atoms with E-state index in [9.17, 15) is 12.8 Å². The van der Waals surface area contributed by atoms with E-state index in [2.05, 4.69) is 48.7 Å². The van der Waals surface area contributed by atoms with Gasteiger partial charge < -0.3 is 10.2 Å². The number of piperazine rings is 1. The SMILES string of the molecule is CN1CCN(CCC#Cc2cc3ncnc(Nc4ccc(F)c(Cl)c4)c3cc2NS(C)(=O)=O)CC1. The maximum absolute atomic E-state index is 13.5. The van der Waals surface area contributed by atoms with Crippen LogP contribution in [0, 0.1) is 17.7 Å². The summed E-state index contributed by atoms with van der Waals surface area (Å²) in [4.78, 5) is 13.3. The van der Waals surface area contributed by atoms with Crippen molar-refractivity contribution in [1.29, 1.82) is 0 Å². The summed E-state index contributed by atoms with van der Waals surface area (Å²) in [6, 6.07) is 7.61. The van der Waals surface area contributed by atoms with Crippen molar-refractivity contribution in [2.45, 2.75) is 6.42 Å². The molecule has 2 aromatic carbocycles. The second kappa shape index (κ2) is 10.7. The Morgan fingerprint density at radius 1 is 1.14 bits per heavy atom. The first-order chi connectivity index (χ1) is 16.7. The zero-order valence-corrected chi connectivity index (χ0v) is 21.0. The molecule has 1 aliphatic rings. The number of anilines is 3. The number of sulfonamides is 1. The average Bonchev–Trinajstić information content (AvgIpc) is 2.80. The number of rotatable bonds is 6. The van der Waals surface area contributed by atoms with Crippen molar-refractivity contribution in [2.75, 3.05) is 56.1 Å². The van der Waals surface area contributed by atoms with Crippen LogP contribution in [0.4, 0.5) is 21.6 Å². The predicted molar refractivity (Wildman–Crippen MR) is 138 cm³/mol. The van der Waals surface area contributed by atoms with Crippen molar-refractivity contribution < 1.29 is 12.8 Å². The lowest BCUT2D eigenvalue weighted by Crippen LogP contribution is -2.44. The van der Waals surface area contributed by atoms with Crippen molar-refractivity contribution in [3.63, 3.8) is 0 Å². The molecule has 1 aliphatic heterocycles. The summed E-state index contributed by atoms with van der Waals surface area (Å²) in [7, 11) is -1.44. The Labute approximate surface area is 209 Å². The Morgan fingerprint density at radius 2 is 1.91 bits per heavy atom. The Hall–Kier alpha value is -2.97. The van der Waals surface area contributed by atoms with Gasteiger partial charge in [-0.05, 0) is 37.4 Å². The molecule has 8 nitrogen and oxygen atoms in total. The lowest BCUT2D eigenvalue weighted by atomic mass is 10.1. The molecule has 0 unspecified atom stereocenters. The molecule has 35 heavy (non-hydrogen) atoms. The van der Waals surface area contributed by atoms with Gasteiger partial charge in [-0.2, -0.15) is 0 Å². The van der Waals surface area contributed by atoms with Gasteiger partial charge in [-0.1, -0.05) is 23.4 Å². The number of benzene rings is 2. The minimum atomic E-state index is -3.55. The third-order valence-electron chi connectivity index (χ3n) is 5.62. The topological polar surface area (TPSA) is 90.5 Å². The van der Waals surface area contributed by atoms with E-state index < -0.39 is 15.8 Å². The molecule has 1 saturated heterocycles. The van der Waals surface area contributed by atoms with E-state index >= 15 is 0 Å². The average molecular weight is 517 g/mol. The number of hydrogen-bond acceptors (Lipinski definition) is 7. The first kappa shape index (κ1) is 25.1. The lowest BCUT2D eigenvalue weighted by Gasteiger charge is -2.31. The van der Waals surface area contributed by atoms with E-state index in [1.54, 1.807) is 12.1 Å². The molecular weight excluding hydrogens is 491 g/mol. The number of hydrogen-bond donors (Lipinski definition) is 2. The smallest absolute Gasteiger partial charge is 0.229 e. The molecule has 0 spiro atoms. The van der Waals surface area contributed by atoms with Gasteiger partial charge in [0.15, 0.2) is 0 Å². The summed E-state index contributed by atoms with van der Waals surface area (Å²) in [5.41, 5.74) is 1.97. The van der Waals surface area contributed by atoms with Gasteiger partial charge in [-0.3, -0.25) is 9.62 Å². The van der Waals surface area contributed by atoms with Gasteiger partial charge in [0.2, 0.25) is 10.0 Å². The van der Waals surface area contributed by atoms with Crippen LogP contribution in [0.1, 0.15) is 12.0 Å². The van der Waals surface area contributed by atoms with Gasteiger partial charge in [0.25, 0.3) is 0 Å². The van der Waals surface area contributed by atoms with E-state index in [-0.39, 0.29) is 5.02 Å². The van der Waals surface area contributed by atoms with Crippen molar-refractivity contribution >= 4 is 49.7 Å². The summed E-state index contributed by atoms with van der Waals surface area (Å²) in [6.07, 6.45) is 3.15. The molecule has 4 rings (SSSR count). The molecule has 0 saturated carbocycles. The van der Waals surface area contributed by atoms with Gasteiger partial charge in [0, 0.05) is 50.2 Å². The molecule has 0 atom stereocenters. The van der Waals surface area contributed by atoms with E-state index in [4.69, 9.17) is 11.6 Å². The van der Waals surface area contributed by atoms with Crippen molar-refractivity contribution in [1.82, 2.24) is 19.8 Å². The fourth-order valence-corrected chi connectivity index (χ4v) is 4.49. The third kappa shape index (κ3) is 6.80. The standard InChI is InChI=1S/C24H26ClFN6O2S/c1-31-9-11-32(12-10-31)8-4-3-5-17-13-23-19(15-22(17)30-35(2,33)34)24(28-16-27-23)29-18-6-7-21(26)20(25)14-18/h6-7,13-16,30H,4,8-12H2,1-2H3,(H,27,28,29). The van der Waals surface area contributed by atoms with Crippen LogP contribution in [0.25, 0.3) is 10.9 Å². The fraction of sp³-hybridized carbons (Fsp3) is 0.333. The maximum Gasteiger partial charge on any atom is 0.229 e. The van der Waals surface area contributed by atoms with Crippen LogP contribution in [0.2, 0.25) is 5.02 Å². The molecule has 1 fully saturated rings. The summed E-state index contributed by atoms with van der Waals surface area (Å²) >= 11 is 5.89. The largest absolute Gasteiger partial charge is 0.340 e. The number of nitrogens with zero attached hydrogens (tertiary/aromatic N) is 4. The van der Waals surface area contributed by atoms with E-state index in [0.717, 1.165) is 39.0 Å². The molecule has 11 heteroatoms. The first-order valence-electron chi connectivity index (χ1n) is 11.1. The summed E-state index contributed by atoms with van der Waals surface area (Å²) in [5, 5.41) is 3.64. The van der Waals surface area contributed by atoms with E-state index in [1.165, 1.54) is 24.5 Å². The van der Waals surface area contributed by atoms with Gasteiger partial charge >= 0.3 is 0 Å². The summed E-state index contributed by atoms with van der Waals surface area (Å²) in [5.74, 6) is 6.17. The lowest BCUT2D eigenvalue weighted by molar-refractivity contribution is 0.157. The van der Waals surface area contributed by atoms with Crippen LogP contribution in [0.3, 0.4) is 0 Å². The molecule has 0 aliphatic carbocycles. The minimum absolute atomic E-state index is 0.0260. The highest BCUT2D eigenvalue weighted by Crippen LogP contribution is 2.30. The summed E-state index contributed by atoms with van der Waals surface area (Å²) < 4.78 is 40.1. The number of likely N-dealkylation sites (N-methyl/N-ethyl adjacent to an activating group) is 1.